The molecule has 0 aromatic carbocycles. The van der Waals surface area contributed by atoms with Gasteiger partial charge in [-0.15, -0.1) is 23.5 Å². The molecule has 0 saturated carbocycles. The number of hydrogen-bond donors (Lipinski definition) is 3. The van der Waals surface area contributed by atoms with Crippen molar-refractivity contribution >= 4 is 61.4 Å². The van der Waals surface area contributed by atoms with Crippen LogP contribution < -0.4 is 0 Å². The minimum Gasteiger partial charge on any atom is -0.179 e. The van der Waals surface area contributed by atoms with Gasteiger partial charge in [0.05, 0.1) is 4.58 Å². The van der Waals surface area contributed by atoms with Crippen LogP contribution in [0.25, 0.3) is 0 Å². The average Bonchev–Trinajstić information content (AvgIpc) is 2.30. The van der Waals surface area contributed by atoms with Crippen molar-refractivity contribution in [2.45, 2.75) is 36.7 Å². The maximum atomic E-state index is 4.34. The summed E-state index contributed by atoms with van der Waals surface area (Å²) in [6.45, 7) is 0. The minimum atomic E-state index is 0.748. The quantitative estimate of drug-likeness (QED) is 0.275. The van der Waals surface area contributed by atoms with E-state index < -0.39 is 0 Å². The molecule has 0 aliphatic rings. The standard InChI is InChI=1S/C11H24S5/c12-6-1-3-9-15-11(5-8-14)16-10-4-2-7-13/h11-14H,1-10H2. The van der Waals surface area contributed by atoms with E-state index in [0.717, 1.165) is 21.8 Å². The van der Waals surface area contributed by atoms with Gasteiger partial charge < -0.3 is 0 Å². The van der Waals surface area contributed by atoms with Gasteiger partial charge in [0.15, 0.2) is 0 Å². The van der Waals surface area contributed by atoms with Gasteiger partial charge in [0.2, 0.25) is 0 Å². The van der Waals surface area contributed by atoms with Crippen LogP contribution in [0.5, 0.6) is 0 Å². The zero-order valence-corrected chi connectivity index (χ0v) is 14.1. The first-order valence-electron chi connectivity index (χ1n) is 5.91. The van der Waals surface area contributed by atoms with E-state index >= 15 is 0 Å². The number of rotatable bonds is 12. The van der Waals surface area contributed by atoms with Crippen molar-refractivity contribution in [2.75, 3.05) is 28.8 Å². The van der Waals surface area contributed by atoms with Crippen LogP contribution in [0, 0.1) is 0 Å². The summed E-state index contributed by atoms with van der Waals surface area (Å²) >= 11 is 17.0. The van der Waals surface area contributed by atoms with Crippen LogP contribution >= 0.6 is 61.4 Å². The second-order valence-electron chi connectivity index (χ2n) is 3.54. The summed E-state index contributed by atoms with van der Waals surface area (Å²) in [7, 11) is 0. The molecule has 0 rings (SSSR count). The topological polar surface area (TPSA) is 0 Å². The molecular formula is C11H24S5. The Balaban J connectivity index is 3.45. The summed E-state index contributed by atoms with van der Waals surface area (Å²) < 4.78 is 0.748. The van der Waals surface area contributed by atoms with Gasteiger partial charge in [-0.1, -0.05) is 0 Å². The maximum absolute atomic E-state index is 4.34. The van der Waals surface area contributed by atoms with E-state index in [0.29, 0.717) is 0 Å². The third-order valence-electron chi connectivity index (χ3n) is 2.08. The lowest BCUT2D eigenvalue weighted by molar-refractivity contribution is 0.902. The number of thioether (sulfide) groups is 2. The lowest BCUT2D eigenvalue weighted by atomic mass is 10.4. The van der Waals surface area contributed by atoms with Crippen LogP contribution in [-0.2, 0) is 0 Å². The van der Waals surface area contributed by atoms with Crippen molar-refractivity contribution in [3.8, 4) is 0 Å². The number of unbranched alkanes of at least 4 members (excludes halogenated alkanes) is 2. The van der Waals surface area contributed by atoms with Gasteiger partial charge in [0, 0.05) is 0 Å². The maximum Gasteiger partial charge on any atom is 0.0510 e. The Morgan fingerprint density at radius 3 is 1.56 bits per heavy atom. The first kappa shape index (κ1) is 17.8. The van der Waals surface area contributed by atoms with Crippen LogP contribution in [-0.4, -0.2) is 33.3 Å². The van der Waals surface area contributed by atoms with Crippen LogP contribution in [0.15, 0.2) is 0 Å². The van der Waals surface area contributed by atoms with E-state index in [1.807, 2.05) is 0 Å². The van der Waals surface area contributed by atoms with E-state index in [9.17, 15) is 0 Å². The predicted octanol–water partition coefficient (Wildman–Crippen LogP) is 4.52. The second kappa shape index (κ2) is 14.8. The molecular weight excluding hydrogens is 292 g/mol. The first-order valence-corrected chi connectivity index (χ1v) is 9.90. The van der Waals surface area contributed by atoms with Crippen LogP contribution in [0.2, 0.25) is 0 Å². The first-order chi connectivity index (χ1) is 7.85. The van der Waals surface area contributed by atoms with Gasteiger partial charge in [0.1, 0.15) is 0 Å². The molecule has 16 heavy (non-hydrogen) atoms. The van der Waals surface area contributed by atoms with Gasteiger partial charge in [-0.05, 0) is 60.9 Å². The molecule has 0 bridgehead atoms. The molecule has 0 heterocycles. The molecule has 0 aliphatic heterocycles. The molecule has 0 fully saturated rings. The fourth-order valence-electron chi connectivity index (χ4n) is 1.18. The molecule has 0 atom stereocenters. The minimum absolute atomic E-state index is 0.748. The molecule has 98 valence electrons. The summed E-state index contributed by atoms with van der Waals surface area (Å²) in [5.74, 6) is 5.60. The van der Waals surface area contributed by atoms with Crippen LogP contribution in [0.1, 0.15) is 32.1 Å². The van der Waals surface area contributed by atoms with Gasteiger partial charge in [-0.2, -0.15) is 37.9 Å². The molecule has 0 aliphatic carbocycles. The van der Waals surface area contributed by atoms with E-state index in [1.165, 1.54) is 43.6 Å². The fraction of sp³-hybridized carbons (Fsp3) is 1.00. The van der Waals surface area contributed by atoms with Crippen molar-refractivity contribution in [3.63, 3.8) is 0 Å². The molecule has 0 amide bonds. The summed E-state index contributed by atoms with van der Waals surface area (Å²) in [6, 6.07) is 0. The number of thiol groups is 3. The molecule has 5 heteroatoms. The molecule has 0 aromatic heterocycles. The normalized spacial score (nSPS) is 11.2. The lowest BCUT2D eigenvalue weighted by Crippen LogP contribution is -2.01. The summed E-state index contributed by atoms with van der Waals surface area (Å²) in [5, 5.41) is 0. The Bertz CT molecular complexity index is 120. The Morgan fingerprint density at radius 1 is 0.688 bits per heavy atom. The highest BCUT2D eigenvalue weighted by Gasteiger charge is 2.08. The number of hydrogen-bond acceptors (Lipinski definition) is 5. The highest BCUT2D eigenvalue weighted by atomic mass is 32.2. The zero-order valence-electron chi connectivity index (χ0n) is 9.81. The summed E-state index contributed by atoms with van der Waals surface area (Å²) in [6.07, 6.45) is 6.31. The second-order valence-corrected chi connectivity index (χ2v) is 7.81. The summed E-state index contributed by atoms with van der Waals surface area (Å²) in [4.78, 5) is 0. The van der Waals surface area contributed by atoms with Gasteiger partial charge in [-0.3, -0.25) is 0 Å². The van der Waals surface area contributed by atoms with Gasteiger partial charge in [-0.25, -0.2) is 0 Å². The lowest BCUT2D eigenvalue weighted by Gasteiger charge is -2.14. The molecule has 0 unspecified atom stereocenters. The van der Waals surface area contributed by atoms with Crippen molar-refractivity contribution in [1.29, 1.82) is 0 Å². The van der Waals surface area contributed by atoms with Crippen LogP contribution in [0.3, 0.4) is 0 Å². The molecule has 0 N–H and O–H groups in total. The van der Waals surface area contributed by atoms with Gasteiger partial charge >= 0.3 is 0 Å². The Kier molecular flexibility index (Phi) is 16.4. The Hall–Kier alpha value is 1.75. The van der Waals surface area contributed by atoms with Crippen molar-refractivity contribution < 1.29 is 0 Å². The van der Waals surface area contributed by atoms with Crippen molar-refractivity contribution in [3.05, 3.63) is 0 Å². The third-order valence-corrected chi connectivity index (χ3v) is 6.05. The van der Waals surface area contributed by atoms with Crippen LogP contribution in [0.4, 0.5) is 0 Å². The fourth-order valence-corrected chi connectivity index (χ4v) is 5.03. The highest BCUT2D eigenvalue weighted by molar-refractivity contribution is 8.17. The Labute approximate surface area is 126 Å². The highest BCUT2D eigenvalue weighted by Crippen LogP contribution is 2.28. The van der Waals surface area contributed by atoms with E-state index in [-0.39, 0.29) is 0 Å². The van der Waals surface area contributed by atoms with E-state index in [1.54, 1.807) is 0 Å². The summed E-state index contributed by atoms with van der Waals surface area (Å²) in [5.41, 5.74) is 0. The molecule has 0 radical (unpaired) electrons. The largest absolute Gasteiger partial charge is 0.179 e. The third kappa shape index (κ3) is 12.2. The van der Waals surface area contributed by atoms with Crippen molar-refractivity contribution in [1.82, 2.24) is 0 Å². The molecule has 0 spiro atoms. The predicted molar refractivity (Wildman–Crippen MR) is 93.3 cm³/mol. The van der Waals surface area contributed by atoms with E-state index in [4.69, 9.17) is 0 Å². The van der Waals surface area contributed by atoms with Gasteiger partial charge in [0.25, 0.3) is 0 Å². The molecule has 0 aromatic rings. The van der Waals surface area contributed by atoms with Crippen molar-refractivity contribution in [2.24, 2.45) is 0 Å². The smallest absolute Gasteiger partial charge is 0.0510 e. The van der Waals surface area contributed by atoms with E-state index in [2.05, 4.69) is 61.4 Å². The monoisotopic (exact) mass is 316 g/mol. The molecule has 0 saturated heterocycles. The Morgan fingerprint density at radius 2 is 1.19 bits per heavy atom. The average molecular weight is 317 g/mol. The SMILES string of the molecule is SCCCCSC(CCS)SCCCCS. The molecule has 0 nitrogen and oxygen atoms in total. The zero-order chi connectivity index (χ0) is 12.1.